The van der Waals surface area contributed by atoms with Crippen LogP contribution in [0.2, 0.25) is 0 Å². The summed E-state index contributed by atoms with van der Waals surface area (Å²) in [6, 6.07) is 5.95. The van der Waals surface area contributed by atoms with E-state index in [0.29, 0.717) is 6.54 Å². The van der Waals surface area contributed by atoms with Crippen molar-refractivity contribution in [3.8, 4) is 0 Å². The molecule has 0 aromatic carbocycles. The van der Waals surface area contributed by atoms with Gasteiger partial charge in [-0.2, -0.15) is 0 Å². The van der Waals surface area contributed by atoms with E-state index in [1.54, 1.807) is 17.6 Å². The Bertz CT molecular complexity index is 576. The second-order valence-corrected chi connectivity index (χ2v) is 6.05. The Hall–Kier alpha value is -1.59. The van der Waals surface area contributed by atoms with Gasteiger partial charge in [-0.05, 0) is 42.5 Å². The van der Waals surface area contributed by atoms with Crippen molar-refractivity contribution in [3.05, 3.63) is 46.0 Å². The highest BCUT2D eigenvalue weighted by atomic mass is 32.1. The van der Waals surface area contributed by atoms with Crippen LogP contribution >= 0.6 is 11.3 Å². The summed E-state index contributed by atoms with van der Waals surface area (Å²) in [6.45, 7) is 3.91. The largest absolute Gasteiger partial charge is 0.468 e. The number of thiophene rings is 1. The summed E-state index contributed by atoms with van der Waals surface area (Å²) < 4.78 is 5.32. The van der Waals surface area contributed by atoms with Gasteiger partial charge in [-0.15, -0.1) is 11.3 Å². The van der Waals surface area contributed by atoms with E-state index in [1.165, 1.54) is 10.4 Å². The van der Waals surface area contributed by atoms with Crippen molar-refractivity contribution < 1.29 is 9.21 Å². The minimum atomic E-state index is 0.0513. The zero-order valence-corrected chi connectivity index (χ0v) is 12.3. The van der Waals surface area contributed by atoms with Gasteiger partial charge in [0.15, 0.2) is 0 Å². The predicted molar refractivity (Wildman–Crippen MR) is 78.6 cm³/mol. The highest BCUT2D eigenvalue weighted by Crippen LogP contribution is 2.24. The van der Waals surface area contributed by atoms with Crippen LogP contribution in [-0.2, 0) is 17.8 Å². The number of rotatable bonds is 4. The molecule has 1 aliphatic rings. The van der Waals surface area contributed by atoms with E-state index >= 15 is 0 Å². The fourth-order valence-electron chi connectivity index (χ4n) is 2.45. The first-order valence-corrected chi connectivity index (χ1v) is 7.72. The molecule has 2 aromatic rings. The molecule has 0 saturated carbocycles. The Morgan fingerprint density at radius 3 is 3.25 bits per heavy atom. The number of nitrogens with one attached hydrogen (secondary N) is 1. The van der Waals surface area contributed by atoms with Crippen molar-refractivity contribution in [2.45, 2.75) is 25.9 Å². The summed E-state index contributed by atoms with van der Waals surface area (Å²) in [4.78, 5) is 15.6. The molecule has 0 aliphatic carbocycles. The average molecular weight is 290 g/mol. The SMILES string of the molecule is C[C@@H](NCC(=O)N1CCc2sccc2C1)c1ccco1. The van der Waals surface area contributed by atoms with Crippen LogP contribution in [0.25, 0.3) is 0 Å². The summed E-state index contributed by atoms with van der Waals surface area (Å²) >= 11 is 1.79. The van der Waals surface area contributed by atoms with Gasteiger partial charge in [0.1, 0.15) is 5.76 Å². The molecule has 0 bridgehead atoms. The minimum absolute atomic E-state index is 0.0513. The molecule has 0 unspecified atom stereocenters. The fraction of sp³-hybridized carbons (Fsp3) is 0.400. The van der Waals surface area contributed by atoms with Gasteiger partial charge < -0.3 is 9.32 Å². The predicted octanol–water partition coefficient (Wildman–Crippen LogP) is 2.58. The van der Waals surface area contributed by atoms with E-state index in [9.17, 15) is 4.79 Å². The van der Waals surface area contributed by atoms with Crippen LogP contribution in [0.15, 0.2) is 34.3 Å². The molecule has 0 saturated heterocycles. The second-order valence-electron chi connectivity index (χ2n) is 5.05. The summed E-state index contributed by atoms with van der Waals surface area (Å²) in [5.41, 5.74) is 1.30. The molecule has 3 rings (SSSR count). The molecule has 1 N–H and O–H groups in total. The Balaban J connectivity index is 1.53. The molecular weight excluding hydrogens is 272 g/mol. The highest BCUT2D eigenvalue weighted by Gasteiger charge is 2.21. The van der Waals surface area contributed by atoms with Crippen LogP contribution in [-0.4, -0.2) is 23.9 Å². The van der Waals surface area contributed by atoms with Crippen LogP contribution in [0.3, 0.4) is 0 Å². The van der Waals surface area contributed by atoms with Gasteiger partial charge in [0.25, 0.3) is 0 Å². The maximum Gasteiger partial charge on any atom is 0.236 e. The molecule has 20 heavy (non-hydrogen) atoms. The monoisotopic (exact) mass is 290 g/mol. The van der Waals surface area contributed by atoms with Gasteiger partial charge in [-0.3, -0.25) is 10.1 Å². The van der Waals surface area contributed by atoms with E-state index in [2.05, 4.69) is 16.8 Å². The summed E-state index contributed by atoms with van der Waals surface area (Å²) in [6.07, 6.45) is 2.63. The van der Waals surface area contributed by atoms with E-state index in [1.807, 2.05) is 24.0 Å². The molecule has 106 valence electrons. The third-order valence-corrected chi connectivity index (χ3v) is 4.71. The number of nitrogens with zero attached hydrogens (tertiary/aromatic N) is 1. The van der Waals surface area contributed by atoms with Gasteiger partial charge in [-0.1, -0.05) is 0 Å². The Labute approximate surface area is 122 Å². The van der Waals surface area contributed by atoms with E-state index in [4.69, 9.17) is 4.42 Å². The van der Waals surface area contributed by atoms with Gasteiger partial charge >= 0.3 is 0 Å². The molecule has 2 aromatic heterocycles. The first-order chi connectivity index (χ1) is 9.74. The maximum atomic E-state index is 12.2. The number of amides is 1. The van der Waals surface area contributed by atoms with Crippen molar-refractivity contribution in [1.82, 2.24) is 10.2 Å². The quantitative estimate of drug-likeness (QED) is 0.941. The number of carbonyl (C=O) groups is 1. The van der Waals surface area contributed by atoms with Gasteiger partial charge in [-0.25, -0.2) is 0 Å². The zero-order valence-electron chi connectivity index (χ0n) is 11.5. The lowest BCUT2D eigenvalue weighted by Gasteiger charge is -2.27. The van der Waals surface area contributed by atoms with E-state index in [-0.39, 0.29) is 11.9 Å². The van der Waals surface area contributed by atoms with E-state index < -0.39 is 0 Å². The number of furan rings is 1. The van der Waals surface area contributed by atoms with Gasteiger partial charge in [0.05, 0.1) is 18.8 Å². The summed E-state index contributed by atoms with van der Waals surface area (Å²) in [7, 11) is 0. The normalized spacial score (nSPS) is 15.9. The molecule has 1 aliphatic heterocycles. The van der Waals surface area contributed by atoms with Crippen LogP contribution < -0.4 is 5.32 Å². The molecule has 1 amide bonds. The molecule has 1 atom stereocenters. The molecule has 0 spiro atoms. The highest BCUT2D eigenvalue weighted by molar-refractivity contribution is 7.10. The number of fused-ring (bicyclic) bond motifs is 1. The summed E-state index contributed by atoms with van der Waals surface area (Å²) in [5, 5.41) is 5.32. The summed E-state index contributed by atoms with van der Waals surface area (Å²) in [5.74, 6) is 1.01. The first kappa shape index (κ1) is 13.4. The second kappa shape index (κ2) is 5.81. The lowest BCUT2D eigenvalue weighted by atomic mass is 10.1. The molecule has 5 heteroatoms. The third kappa shape index (κ3) is 2.78. The van der Waals surface area contributed by atoms with Crippen LogP contribution in [0.5, 0.6) is 0 Å². The Morgan fingerprint density at radius 1 is 1.55 bits per heavy atom. The van der Waals surface area contributed by atoms with Crippen molar-refractivity contribution in [2.24, 2.45) is 0 Å². The first-order valence-electron chi connectivity index (χ1n) is 6.84. The molecule has 0 radical (unpaired) electrons. The number of hydrogen-bond donors (Lipinski definition) is 1. The maximum absolute atomic E-state index is 12.2. The van der Waals surface area contributed by atoms with Gasteiger partial charge in [0.2, 0.25) is 5.91 Å². The van der Waals surface area contributed by atoms with Crippen LogP contribution in [0, 0.1) is 0 Å². The lowest BCUT2D eigenvalue weighted by molar-refractivity contribution is -0.131. The van der Waals surface area contributed by atoms with Crippen LogP contribution in [0.1, 0.15) is 29.2 Å². The third-order valence-electron chi connectivity index (χ3n) is 3.69. The smallest absolute Gasteiger partial charge is 0.236 e. The Kier molecular flexibility index (Phi) is 3.89. The lowest BCUT2D eigenvalue weighted by Crippen LogP contribution is -2.41. The standard InChI is InChI=1S/C15H18N2O2S/c1-11(13-3-2-7-19-13)16-9-15(18)17-6-4-14-12(10-17)5-8-20-14/h2-3,5,7-8,11,16H,4,6,9-10H2,1H3/t11-/m1/s1. The fourth-order valence-corrected chi connectivity index (χ4v) is 3.34. The van der Waals surface area contributed by atoms with Crippen molar-refractivity contribution >= 4 is 17.2 Å². The van der Waals surface area contributed by atoms with Crippen LogP contribution in [0.4, 0.5) is 0 Å². The molecule has 3 heterocycles. The van der Waals surface area contributed by atoms with Gasteiger partial charge in [0, 0.05) is 18.0 Å². The van der Waals surface area contributed by atoms with Crippen molar-refractivity contribution in [2.75, 3.05) is 13.1 Å². The zero-order chi connectivity index (χ0) is 13.9. The Morgan fingerprint density at radius 2 is 2.45 bits per heavy atom. The average Bonchev–Trinajstić information content (AvgIpc) is 3.13. The number of carbonyl (C=O) groups excluding carboxylic acids is 1. The number of hydrogen-bond acceptors (Lipinski definition) is 4. The molecular formula is C15H18N2O2S. The van der Waals surface area contributed by atoms with E-state index in [0.717, 1.165) is 25.3 Å². The minimum Gasteiger partial charge on any atom is -0.468 e. The molecule has 0 fully saturated rings. The topological polar surface area (TPSA) is 45.5 Å². The molecule has 4 nitrogen and oxygen atoms in total. The van der Waals surface area contributed by atoms with Crippen molar-refractivity contribution in [1.29, 1.82) is 0 Å². The van der Waals surface area contributed by atoms with Crippen molar-refractivity contribution in [3.63, 3.8) is 0 Å².